The van der Waals surface area contributed by atoms with E-state index in [1.54, 1.807) is 0 Å². The van der Waals surface area contributed by atoms with E-state index in [-0.39, 0.29) is 24.4 Å². The molecule has 1 saturated heterocycles. The normalized spacial score (nSPS) is 38.7. The van der Waals surface area contributed by atoms with Crippen LogP contribution in [0.2, 0.25) is 0 Å². The van der Waals surface area contributed by atoms with Crippen LogP contribution in [0.3, 0.4) is 0 Å². The fraction of sp³-hybridized carbons (Fsp3) is 0.667. The average Bonchev–Trinajstić information content (AvgIpc) is 2.41. The molecular formula is C15H20O4. The van der Waals surface area contributed by atoms with E-state index in [1.165, 1.54) is 0 Å². The molecule has 1 spiro atoms. The Labute approximate surface area is 113 Å². The second-order valence-corrected chi connectivity index (χ2v) is 5.66. The predicted molar refractivity (Wildman–Crippen MR) is 69.4 cm³/mol. The fourth-order valence-corrected chi connectivity index (χ4v) is 3.20. The first-order valence-electron chi connectivity index (χ1n) is 6.99. The number of ketones is 1. The quantitative estimate of drug-likeness (QED) is 0.733. The largest absolute Gasteiger partial charge is 0.392 e. The van der Waals surface area contributed by atoms with E-state index in [0.717, 1.165) is 30.4 Å². The molecule has 3 rings (SSSR count). The summed E-state index contributed by atoms with van der Waals surface area (Å²) in [4.78, 5) is 11.8. The van der Waals surface area contributed by atoms with E-state index in [9.17, 15) is 9.90 Å². The van der Waals surface area contributed by atoms with Crippen molar-refractivity contribution in [3.8, 4) is 0 Å². The van der Waals surface area contributed by atoms with Gasteiger partial charge in [0.2, 0.25) is 0 Å². The number of allylic oxidation sites excluding steroid dienone is 1. The lowest BCUT2D eigenvalue weighted by Crippen LogP contribution is -2.48. The third kappa shape index (κ3) is 2.29. The van der Waals surface area contributed by atoms with Crippen molar-refractivity contribution in [1.82, 2.24) is 0 Å². The van der Waals surface area contributed by atoms with Crippen LogP contribution in [-0.4, -0.2) is 36.0 Å². The van der Waals surface area contributed by atoms with Gasteiger partial charge in [-0.05, 0) is 43.1 Å². The number of hydrogen-bond acceptors (Lipinski definition) is 4. The average molecular weight is 264 g/mol. The monoisotopic (exact) mass is 264 g/mol. The SMILES string of the molecule is CC1=CC2OC3(C=C(CO)C2CC1=O)CCCCO3. The minimum absolute atomic E-state index is 0.0302. The Morgan fingerprint density at radius 2 is 2.32 bits per heavy atom. The van der Waals surface area contributed by atoms with Gasteiger partial charge in [-0.1, -0.05) is 0 Å². The van der Waals surface area contributed by atoms with E-state index in [4.69, 9.17) is 9.47 Å². The van der Waals surface area contributed by atoms with Gasteiger partial charge >= 0.3 is 0 Å². The molecule has 0 aromatic rings. The zero-order valence-electron chi connectivity index (χ0n) is 11.2. The van der Waals surface area contributed by atoms with Crippen LogP contribution < -0.4 is 0 Å². The predicted octanol–water partition coefficient (Wildman–Crippen LogP) is 1.74. The van der Waals surface area contributed by atoms with E-state index in [2.05, 4.69) is 0 Å². The van der Waals surface area contributed by atoms with Gasteiger partial charge in [0.25, 0.3) is 0 Å². The molecule has 3 aliphatic rings. The summed E-state index contributed by atoms with van der Waals surface area (Å²) in [6, 6.07) is 0. The Kier molecular flexibility index (Phi) is 3.33. The topological polar surface area (TPSA) is 55.8 Å². The van der Waals surface area contributed by atoms with Gasteiger partial charge < -0.3 is 14.6 Å². The highest BCUT2D eigenvalue weighted by Gasteiger charge is 2.44. The first-order chi connectivity index (χ1) is 9.13. The van der Waals surface area contributed by atoms with Crippen LogP contribution in [0.5, 0.6) is 0 Å². The number of carbonyl (C=O) groups is 1. The lowest BCUT2D eigenvalue weighted by Gasteiger charge is -2.45. The van der Waals surface area contributed by atoms with E-state index in [0.29, 0.717) is 13.0 Å². The van der Waals surface area contributed by atoms with Crippen molar-refractivity contribution in [1.29, 1.82) is 0 Å². The Bertz CT molecular complexity index is 443. The minimum Gasteiger partial charge on any atom is -0.392 e. The summed E-state index contributed by atoms with van der Waals surface area (Å²) >= 11 is 0. The molecule has 2 aliphatic heterocycles. The maximum Gasteiger partial charge on any atom is 0.188 e. The van der Waals surface area contributed by atoms with Crippen LogP contribution in [0, 0.1) is 5.92 Å². The van der Waals surface area contributed by atoms with Crippen LogP contribution in [0.25, 0.3) is 0 Å². The number of aliphatic hydroxyl groups is 1. The Hall–Kier alpha value is -0.970. The molecule has 3 unspecified atom stereocenters. The molecule has 19 heavy (non-hydrogen) atoms. The van der Waals surface area contributed by atoms with Gasteiger partial charge in [0.15, 0.2) is 11.6 Å². The molecule has 2 heterocycles. The second kappa shape index (κ2) is 4.85. The summed E-state index contributed by atoms with van der Waals surface area (Å²) in [7, 11) is 0. The van der Waals surface area contributed by atoms with Crippen molar-refractivity contribution in [2.24, 2.45) is 5.92 Å². The summed E-state index contributed by atoms with van der Waals surface area (Å²) in [5, 5.41) is 9.58. The molecular weight excluding hydrogens is 244 g/mol. The summed E-state index contributed by atoms with van der Waals surface area (Å²) in [6.45, 7) is 2.48. The van der Waals surface area contributed by atoms with Crippen molar-refractivity contribution < 1.29 is 19.4 Å². The molecule has 4 nitrogen and oxygen atoms in total. The highest BCUT2D eigenvalue weighted by Crippen LogP contribution is 2.41. The Balaban J connectivity index is 1.94. The number of hydrogen-bond donors (Lipinski definition) is 1. The molecule has 0 bridgehead atoms. The smallest absolute Gasteiger partial charge is 0.188 e. The first kappa shape index (κ1) is 13.0. The van der Waals surface area contributed by atoms with E-state index >= 15 is 0 Å². The fourth-order valence-electron chi connectivity index (χ4n) is 3.20. The van der Waals surface area contributed by atoms with Crippen molar-refractivity contribution in [2.45, 2.75) is 44.5 Å². The molecule has 104 valence electrons. The number of aliphatic hydroxyl groups excluding tert-OH is 1. The number of fused-ring (bicyclic) bond motifs is 1. The molecule has 1 fully saturated rings. The van der Waals surface area contributed by atoms with Crippen LogP contribution in [0.15, 0.2) is 23.3 Å². The van der Waals surface area contributed by atoms with Crippen LogP contribution >= 0.6 is 0 Å². The molecule has 0 aromatic heterocycles. The Morgan fingerprint density at radius 1 is 1.47 bits per heavy atom. The van der Waals surface area contributed by atoms with Gasteiger partial charge in [0.1, 0.15) is 0 Å². The van der Waals surface area contributed by atoms with Crippen LogP contribution in [-0.2, 0) is 14.3 Å². The zero-order chi connectivity index (χ0) is 13.5. The molecule has 0 saturated carbocycles. The molecule has 4 heteroatoms. The number of carbonyl (C=O) groups excluding carboxylic acids is 1. The summed E-state index contributed by atoms with van der Waals surface area (Å²) in [5.41, 5.74) is 1.64. The van der Waals surface area contributed by atoms with E-state index < -0.39 is 5.79 Å². The third-order valence-corrected chi connectivity index (χ3v) is 4.32. The maximum atomic E-state index is 11.8. The van der Waals surface area contributed by atoms with Crippen LogP contribution in [0.1, 0.15) is 32.6 Å². The van der Waals surface area contributed by atoms with Crippen molar-refractivity contribution in [3.63, 3.8) is 0 Å². The van der Waals surface area contributed by atoms with Gasteiger partial charge in [-0.3, -0.25) is 4.79 Å². The number of rotatable bonds is 1. The lowest BCUT2D eigenvalue weighted by atomic mass is 9.78. The van der Waals surface area contributed by atoms with Crippen LogP contribution in [0.4, 0.5) is 0 Å². The van der Waals surface area contributed by atoms with Gasteiger partial charge in [-0.2, -0.15) is 0 Å². The number of Topliss-reactive ketones (excluding diaryl/α,β-unsaturated/α-hetero) is 1. The Morgan fingerprint density at radius 3 is 3.00 bits per heavy atom. The second-order valence-electron chi connectivity index (χ2n) is 5.66. The van der Waals surface area contributed by atoms with Crippen molar-refractivity contribution >= 4 is 5.78 Å². The molecule has 0 aromatic carbocycles. The summed E-state index contributed by atoms with van der Waals surface area (Å²) in [6.07, 6.45) is 7.01. The van der Waals surface area contributed by atoms with Crippen molar-refractivity contribution in [2.75, 3.05) is 13.2 Å². The standard InChI is InChI=1S/C15H20O4/c1-10-6-14-12(7-13(10)17)11(9-16)8-15(19-14)4-2-3-5-18-15/h6,8,12,14,16H,2-5,7,9H2,1H3. The third-order valence-electron chi connectivity index (χ3n) is 4.32. The first-order valence-corrected chi connectivity index (χ1v) is 6.99. The maximum absolute atomic E-state index is 11.8. The molecule has 1 N–H and O–H groups in total. The lowest BCUT2D eigenvalue weighted by molar-refractivity contribution is -0.251. The van der Waals surface area contributed by atoms with E-state index in [1.807, 2.05) is 19.1 Å². The molecule has 0 amide bonds. The van der Waals surface area contributed by atoms with Gasteiger partial charge in [-0.25, -0.2) is 0 Å². The van der Waals surface area contributed by atoms with Crippen molar-refractivity contribution in [3.05, 3.63) is 23.3 Å². The highest BCUT2D eigenvalue weighted by molar-refractivity contribution is 5.96. The minimum atomic E-state index is -0.686. The molecule has 1 aliphatic carbocycles. The number of ether oxygens (including phenoxy) is 2. The van der Waals surface area contributed by atoms with Gasteiger partial charge in [-0.15, -0.1) is 0 Å². The van der Waals surface area contributed by atoms with Gasteiger partial charge in [0, 0.05) is 18.8 Å². The summed E-state index contributed by atoms with van der Waals surface area (Å²) < 4.78 is 12.0. The highest BCUT2D eigenvalue weighted by atomic mass is 16.7. The molecule has 3 atom stereocenters. The zero-order valence-corrected chi connectivity index (χ0v) is 11.2. The summed E-state index contributed by atoms with van der Waals surface area (Å²) in [5.74, 6) is -0.573. The molecule has 0 radical (unpaired) electrons. The van der Waals surface area contributed by atoms with Gasteiger partial charge in [0.05, 0.1) is 19.3 Å².